The number of benzene rings is 2. The predicted octanol–water partition coefficient (Wildman–Crippen LogP) is 4.10. The molecular weight excluding hydrogens is 510 g/mol. The standard InChI is InChI=1S/C31H41N3O6/c1-38-24-18-22(19-25(39-2)28(24)40-3)26(20-12-6-4-7-13-20)31(37)34-17-11-10-16-23(34)30(36)33-27(29(32)35)21-14-8-5-9-15-21/h5,8-9,14-15,18-20,23,26-27H,4,6-7,10-13,16-17H2,1-3H3,(H2,32,35)(H,33,36)/t23-,26?,27-/m0/s1. The Hall–Kier alpha value is -3.75. The lowest BCUT2D eigenvalue weighted by molar-refractivity contribution is -0.145. The molecule has 1 heterocycles. The molecule has 1 aliphatic heterocycles. The summed E-state index contributed by atoms with van der Waals surface area (Å²) in [6.07, 6.45) is 7.25. The number of nitrogens with one attached hydrogen (secondary N) is 1. The fourth-order valence-electron chi connectivity index (χ4n) is 6.21. The number of nitrogens with two attached hydrogens (primary N) is 1. The van der Waals surface area contributed by atoms with E-state index in [4.69, 9.17) is 19.9 Å². The molecule has 9 nitrogen and oxygen atoms in total. The molecule has 4 rings (SSSR count). The molecule has 9 heteroatoms. The maximum absolute atomic E-state index is 14.5. The lowest BCUT2D eigenvalue weighted by Crippen LogP contribution is -2.55. The molecule has 216 valence electrons. The highest BCUT2D eigenvalue weighted by Gasteiger charge is 2.41. The minimum Gasteiger partial charge on any atom is -0.493 e. The first-order chi connectivity index (χ1) is 19.4. The fourth-order valence-corrected chi connectivity index (χ4v) is 6.21. The maximum Gasteiger partial charge on any atom is 0.244 e. The predicted molar refractivity (Wildman–Crippen MR) is 151 cm³/mol. The van der Waals surface area contributed by atoms with Gasteiger partial charge in [-0.3, -0.25) is 14.4 Å². The molecular formula is C31H41N3O6. The molecule has 0 spiro atoms. The van der Waals surface area contributed by atoms with Crippen LogP contribution >= 0.6 is 0 Å². The second-order valence-corrected chi connectivity index (χ2v) is 10.6. The number of primary amides is 1. The van der Waals surface area contributed by atoms with Gasteiger partial charge in [0, 0.05) is 6.54 Å². The number of piperidine rings is 1. The van der Waals surface area contributed by atoms with Crippen molar-refractivity contribution in [1.82, 2.24) is 10.2 Å². The summed E-state index contributed by atoms with van der Waals surface area (Å²) in [5, 5.41) is 2.83. The van der Waals surface area contributed by atoms with Crippen molar-refractivity contribution in [2.75, 3.05) is 27.9 Å². The summed E-state index contributed by atoms with van der Waals surface area (Å²) < 4.78 is 16.7. The van der Waals surface area contributed by atoms with Gasteiger partial charge >= 0.3 is 0 Å². The van der Waals surface area contributed by atoms with Gasteiger partial charge in [-0.2, -0.15) is 0 Å². The van der Waals surface area contributed by atoms with Crippen LogP contribution in [0.2, 0.25) is 0 Å². The van der Waals surface area contributed by atoms with Crippen LogP contribution in [0.4, 0.5) is 0 Å². The summed E-state index contributed by atoms with van der Waals surface area (Å²) in [6.45, 7) is 0.469. The fraction of sp³-hybridized carbons (Fsp3) is 0.516. The molecule has 0 aromatic heterocycles. The third-order valence-electron chi connectivity index (χ3n) is 8.23. The van der Waals surface area contributed by atoms with Gasteiger partial charge in [0.15, 0.2) is 11.5 Å². The van der Waals surface area contributed by atoms with Crippen LogP contribution in [-0.4, -0.2) is 56.5 Å². The Morgan fingerprint density at radius 3 is 2.05 bits per heavy atom. The number of carbonyl (C=O) groups excluding carboxylic acids is 3. The number of methoxy groups -OCH3 is 3. The molecule has 1 saturated carbocycles. The van der Waals surface area contributed by atoms with Gasteiger partial charge in [0.05, 0.1) is 27.2 Å². The zero-order valence-corrected chi connectivity index (χ0v) is 23.7. The van der Waals surface area contributed by atoms with Gasteiger partial charge in [-0.05, 0) is 61.3 Å². The molecule has 3 atom stereocenters. The summed E-state index contributed by atoms with van der Waals surface area (Å²) in [5.74, 6) is 0.00396. The van der Waals surface area contributed by atoms with Crippen molar-refractivity contribution in [2.45, 2.75) is 69.4 Å². The van der Waals surface area contributed by atoms with Crippen molar-refractivity contribution < 1.29 is 28.6 Å². The molecule has 2 aromatic rings. The zero-order chi connectivity index (χ0) is 28.6. The topological polar surface area (TPSA) is 120 Å². The Labute approximate surface area is 236 Å². The van der Waals surface area contributed by atoms with E-state index in [1.807, 2.05) is 18.2 Å². The SMILES string of the molecule is COc1cc(C(C(=O)N2CCCC[C@H]2C(=O)N[C@H](C(N)=O)c2ccccc2)C2CCCCC2)cc(OC)c1OC. The smallest absolute Gasteiger partial charge is 0.244 e. The van der Waals surface area contributed by atoms with Crippen molar-refractivity contribution in [3.05, 3.63) is 53.6 Å². The van der Waals surface area contributed by atoms with Crippen LogP contribution < -0.4 is 25.3 Å². The Balaban J connectivity index is 1.67. The van der Waals surface area contributed by atoms with Crippen molar-refractivity contribution in [3.8, 4) is 17.2 Å². The number of nitrogens with zero attached hydrogens (tertiary/aromatic N) is 1. The number of rotatable bonds is 10. The number of amides is 3. The van der Waals surface area contributed by atoms with Crippen molar-refractivity contribution >= 4 is 17.7 Å². The van der Waals surface area contributed by atoms with E-state index >= 15 is 0 Å². The molecule has 0 radical (unpaired) electrons. The van der Waals surface area contributed by atoms with Crippen LogP contribution in [0.1, 0.15) is 74.5 Å². The van der Waals surface area contributed by atoms with Crippen LogP contribution in [0.3, 0.4) is 0 Å². The van der Waals surface area contributed by atoms with Gasteiger partial charge in [-0.1, -0.05) is 49.6 Å². The molecule has 1 unspecified atom stereocenters. The summed E-state index contributed by atoms with van der Waals surface area (Å²) in [6, 6.07) is 11.0. The average Bonchev–Trinajstić information content (AvgIpc) is 3.00. The Morgan fingerprint density at radius 2 is 1.48 bits per heavy atom. The molecule has 2 aromatic carbocycles. The number of ether oxygens (including phenoxy) is 3. The number of hydrogen-bond donors (Lipinski definition) is 2. The highest BCUT2D eigenvalue weighted by atomic mass is 16.5. The van der Waals surface area contributed by atoms with Gasteiger partial charge in [-0.15, -0.1) is 0 Å². The average molecular weight is 552 g/mol. The van der Waals surface area contributed by atoms with E-state index in [1.54, 1.807) is 50.5 Å². The monoisotopic (exact) mass is 551 g/mol. The first-order valence-electron chi connectivity index (χ1n) is 14.1. The van der Waals surface area contributed by atoms with Gasteiger partial charge in [0.2, 0.25) is 23.5 Å². The van der Waals surface area contributed by atoms with Crippen molar-refractivity contribution in [2.24, 2.45) is 11.7 Å². The molecule has 3 N–H and O–H groups in total. The van der Waals surface area contributed by atoms with E-state index in [1.165, 1.54) is 0 Å². The minimum atomic E-state index is -0.975. The minimum absolute atomic E-state index is 0.0867. The molecule has 0 bridgehead atoms. The molecule has 2 aliphatic rings. The van der Waals surface area contributed by atoms with Crippen LogP contribution in [-0.2, 0) is 14.4 Å². The normalized spacial score (nSPS) is 19.3. The van der Waals surface area contributed by atoms with Crippen LogP contribution in [0.15, 0.2) is 42.5 Å². The third-order valence-corrected chi connectivity index (χ3v) is 8.23. The van der Waals surface area contributed by atoms with E-state index in [2.05, 4.69) is 5.32 Å². The second kappa shape index (κ2) is 13.5. The lowest BCUT2D eigenvalue weighted by atomic mass is 9.75. The van der Waals surface area contributed by atoms with Gasteiger partial charge in [0.25, 0.3) is 0 Å². The van der Waals surface area contributed by atoms with Crippen LogP contribution in [0, 0.1) is 5.92 Å². The van der Waals surface area contributed by atoms with E-state index in [-0.39, 0.29) is 17.7 Å². The van der Waals surface area contributed by atoms with Crippen molar-refractivity contribution in [3.63, 3.8) is 0 Å². The summed E-state index contributed by atoms with van der Waals surface area (Å²) in [7, 11) is 4.67. The molecule has 2 fully saturated rings. The van der Waals surface area contributed by atoms with E-state index in [0.29, 0.717) is 35.8 Å². The Kier molecular flexibility index (Phi) is 9.90. The molecule has 3 amide bonds. The first-order valence-corrected chi connectivity index (χ1v) is 14.1. The zero-order valence-electron chi connectivity index (χ0n) is 23.7. The third kappa shape index (κ3) is 6.35. The summed E-state index contributed by atoms with van der Waals surface area (Å²) >= 11 is 0. The molecule has 1 aliphatic carbocycles. The van der Waals surface area contributed by atoms with Crippen LogP contribution in [0.5, 0.6) is 17.2 Å². The van der Waals surface area contributed by atoms with Crippen LogP contribution in [0.25, 0.3) is 0 Å². The van der Waals surface area contributed by atoms with Gasteiger partial charge in [-0.25, -0.2) is 0 Å². The number of hydrogen-bond acceptors (Lipinski definition) is 6. The summed E-state index contributed by atoms with van der Waals surface area (Å²) in [4.78, 5) is 42.2. The highest BCUT2D eigenvalue weighted by Crippen LogP contribution is 2.45. The van der Waals surface area contributed by atoms with E-state index < -0.39 is 23.9 Å². The lowest BCUT2D eigenvalue weighted by Gasteiger charge is -2.40. The Morgan fingerprint density at radius 1 is 0.850 bits per heavy atom. The summed E-state index contributed by atoms with van der Waals surface area (Å²) in [5.41, 5.74) is 7.07. The van der Waals surface area contributed by atoms with E-state index in [0.717, 1.165) is 50.5 Å². The number of likely N-dealkylation sites (tertiary alicyclic amines) is 1. The molecule has 1 saturated heterocycles. The van der Waals surface area contributed by atoms with E-state index in [9.17, 15) is 14.4 Å². The quantitative estimate of drug-likeness (QED) is 0.459. The largest absolute Gasteiger partial charge is 0.493 e. The van der Waals surface area contributed by atoms with Gasteiger partial charge in [0.1, 0.15) is 12.1 Å². The highest BCUT2D eigenvalue weighted by molar-refractivity contribution is 5.94. The molecule has 40 heavy (non-hydrogen) atoms. The second-order valence-electron chi connectivity index (χ2n) is 10.6. The maximum atomic E-state index is 14.5. The van der Waals surface area contributed by atoms with Gasteiger partial charge < -0.3 is 30.2 Å². The first kappa shape index (κ1) is 29.2. The van der Waals surface area contributed by atoms with Crippen molar-refractivity contribution in [1.29, 1.82) is 0 Å². The number of carbonyl (C=O) groups is 3. The Bertz CT molecular complexity index is 1160.